The molecule has 1 spiro atoms. The van der Waals surface area contributed by atoms with Crippen molar-refractivity contribution in [3.05, 3.63) is 29.8 Å². The van der Waals surface area contributed by atoms with E-state index in [9.17, 15) is 4.79 Å². The second kappa shape index (κ2) is 6.18. The Bertz CT molecular complexity index is 503. The van der Waals surface area contributed by atoms with Crippen molar-refractivity contribution in [2.24, 2.45) is 0 Å². The molecule has 1 aromatic rings. The van der Waals surface area contributed by atoms with Gasteiger partial charge in [-0.1, -0.05) is 31.4 Å². The molecule has 0 bridgehead atoms. The van der Waals surface area contributed by atoms with Crippen LogP contribution in [0, 0.1) is 0 Å². The molecule has 0 radical (unpaired) electrons. The normalized spacial score (nSPS) is 24.1. The summed E-state index contributed by atoms with van der Waals surface area (Å²) in [6.45, 7) is 2.12. The maximum atomic E-state index is 11.6. The van der Waals surface area contributed by atoms with E-state index in [1.807, 2.05) is 24.3 Å². The van der Waals surface area contributed by atoms with E-state index in [2.05, 4.69) is 0 Å². The van der Waals surface area contributed by atoms with Gasteiger partial charge in [0.05, 0.1) is 17.3 Å². The number of Topliss-reactive ketones (excluding diaryl/α,β-unsaturated/α-hetero) is 1. The standard InChI is InChI=1S/C18H24O3/c1-14(19)16-7-3-4-8-17(16)20-13-15-9-12-18(21-15)10-5-2-6-11-18/h3-4,7-8,15H,2,5-6,9-13H2,1H3. The molecule has 1 aliphatic carbocycles. The first kappa shape index (κ1) is 14.6. The largest absolute Gasteiger partial charge is 0.490 e. The minimum absolute atomic E-state index is 0.0432. The molecule has 21 heavy (non-hydrogen) atoms. The first-order valence-corrected chi connectivity index (χ1v) is 8.09. The summed E-state index contributed by atoms with van der Waals surface area (Å²) in [4.78, 5) is 11.6. The molecular formula is C18H24O3. The fraction of sp³-hybridized carbons (Fsp3) is 0.611. The lowest BCUT2D eigenvalue weighted by Gasteiger charge is -2.33. The number of ether oxygens (including phenoxy) is 2. The van der Waals surface area contributed by atoms with Gasteiger partial charge in [-0.2, -0.15) is 0 Å². The van der Waals surface area contributed by atoms with Gasteiger partial charge in [-0.3, -0.25) is 4.79 Å². The van der Waals surface area contributed by atoms with Gasteiger partial charge in [-0.25, -0.2) is 0 Å². The minimum atomic E-state index is 0.0432. The second-order valence-corrected chi connectivity index (χ2v) is 6.39. The number of carbonyl (C=O) groups excluding carboxylic acids is 1. The van der Waals surface area contributed by atoms with Gasteiger partial charge in [-0.05, 0) is 44.7 Å². The summed E-state index contributed by atoms with van der Waals surface area (Å²) in [5, 5.41) is 0. The summed E-state index contributed by atoms with van der Waals surface area (Å²) in [6, 6.07) is 7.45. The van der Waals surface area contributed by atoms with E-state index in [0.717, 1.165) is 12.8 Å². The maximum absolute atomic E-state index is 11.6. The third kappa shape index (κ3) is 3.29. The van der Waals surface area contributed by atoms with Crippen molar-refractivity contribution in [1.29, 1.82) is 0 Å². The van der Waals surface area contributed by atoms with Crippen LogP contribution < -0.4 is 4.74 Å². The lowest BCUT2D eigenvalue weighted by molar-refractivity contribution is -0.0749. The molecule has 2 fully saturated rings. The monoisotopic (exact) mass is 288 g/mol. The Morgan fingerprint density at radius 2 is 2.00 bits per heavy atom. The number of carbonyl (C=O) groups is 1. The Kier molecular flexibility index (Phi) is 4.29. The van der Waals surface area contributed by atoms with Crippen LogP contribution in [-0.4, -0.2) is 24.1 Å². The quantitative estimate of drug-likeness (QED) is 0.781. The average molecular weight is 288 g/mol. The van der Waals surface area contributed by atoms with Gasteiger partial charge in [0.2, 0.25) is 0 Å². The molecule has 3 heteroatoms. The molecule has 0 amide bonds. The first-order chi connectivity index (χ1) is 10.2. The summed E-state index contributed by atoms with van der Waals surface area (Å²) in [6.07, 6.45) is 8.74. The average Bonchev–Trinajstić information content (AvgIpc) is 2.89. The van der Waals surface area contributed by atoms with E-state index in [4.69, 9.17) is 9.47 Å². The molecule has 114 valence electrons. The topological polar surface area (TPSA) is 35.5 Å². The second-order valence-electron chi connectivity index (χ2n) is 6.39. The highest BCUT2D eigenvalue weighted by molar-refractivity contribution is 5.96. The van der Waals surface area contributed by atoms with Crippen molar-refractivity contribution in [1.82, 2.24) is 0 Å². The lowest BCUT2D eigenvalue weighted by atomic mass is 9.83. The Labute approximate surface area is 126 Å². The number of benzene rings is 1. The zero-order valence-electron chi connectivity index (χ0n) is 12.8. The number of ketones is 1. The molecule has 1 heterocycles. The summed E-state index contributed by atoms with van der Waals surface area (Å²) in [5.41, 5.74) is 0.787. The van der Waals surface area contributed by atoms with Crippen LogP contribution >= 0.6 is 0 Å². The van der Waals surface area contributed by atoms with Crippen LogP contribution in [0.3, 0.4) is 0 Å². The van der Waals surface area contributed by atoms with E-state index in [-0.39, 0.29) is 17.5 Å². The zero-order chi connectivity index (χ0) is 14.7. The van der Waals surface area contributed by atoms with Crippen LogP contribution in [0.4, 0.5) is 0 Å². The molecule has 1 aliphatic heterocycles. The lowest BCUT2D eigenvalue weighted by Crippen LogP contribution is -2.33. The van der Waals surface area contributed by atoms with E-state index >= 15 is 0 Å². The van der Waals surface area contributed by atoms with E-state index < -0.39 is 0 Å². The molecule has 1 atom stereocenters. The number of para-hydroxylation sites is 1. The summed E-state index contributed by atoms with van der Waals surface area (Å²) in [5.74, 6) is 0.722. The predicted octanol–water partition coefficient (Wildman–Crippen LogP) is 4.15. The fourth-order valence-corrected chi connectivity index (χ4v) is 3.64. The highest BCUT2D eigenvalue weighted by atomic mass is 16.6. The highest BCUT2D eigenvalue weighted by Gasteiger charge is 2.40. The Balaban J connectivity index is 1.58. The van der Waals surface area contributed by atoms with Crippen LogP contribution in [-0.2, 0) is 4.74 Å². The van der Waals surface area contributed by atoms with Gasteiger partial charge in [0.25, 0.3) is 0 Å². The minimum Gasteiger partial charge on any atom is -0.490 e. The van der Waals surface area contributed by atoms with Crippen LogP contribution in [0.1, 0.15) is 62.2 Å². The SMILES string of the molecule is CC(=O)c1ccccc1OCC1CCC2(CCCCC2)O1. The third-order valence-corrected chi connectivity index (χ3v) is 4.79. The number of rotatable bonds is 4. The van der Waals surface area contributed by atoms with Gasteiger partial charge in [0.1, 0.15) is 12.4 Å². The van der Waals surface area contributed by atoms with Crippen molar-refractivity contribution < 1.29 is 14.3 Å². The molecule has 1 saturated carbocycles. The number of hydrogen-bond acceptors (Lipinski definition) is 3. The smallest absolute Gasteiger partial charge is 0.163 e. The van der Waals surface area contributed by atoms with Crippen molar-refractivity contribution in [2.45, 2.75) is 63.6 Å². The van der Waals surface area contributed by atoms with Crippen LogP contribution in [0.15, 0.2) is 24.3 Å². The molecule has 1 unspecified atom stereocenters. The van der Waals surface area contributed by atoms with Crippen molar-refractivity contribution >= 4 is 5.78 Å². The van der Waals surface area contributed by atoms with Gasteiger partial charge >= 0.3 is 0 Å². The van der Waals surface area contributed by atoms with Crippen LogP contribution in [0.2, 0.25) is 0 Å². The van der Waals surface area contributed by atoms with E-state index in [0.29, 0.717) is 17.9 Å². The first-order valence-electron chi connectivity index (χ1n) is 8.09. The molecule has 1 saturated heterocycles. The third-order valence-electron chi connectivity index (χ3n) is 4.79. The van der Waals surface area contributed by atoms with Gasteiger partial charge in [0.15, 0.2) is 5.78 Å². The summed E-state index contributed by atoms with van der Waals surface area (Å²) < 4.78 is 12.2. The molecule has 3 rings (SSSR count). The zero-order valence-corrected chi connectivity index (χ0v) is 12.8. The molecule has 0 aromatic heterocycles. The molecule has 0 N–H and O–H groups in total. The summed E-state index contributed by atoms with van der Waals surface area (Å²) >= 11 is 0. The Morgan fingerprint density at radius 3 is 2.76 bits per heavy atom. The highest BCUT2D eigenvalue weighted by Crippen LogP contribution is 2.42. The van der Waals surface area contributed by atoms with Crippen LogP contribution in [0.25, 0.3) is 0 Å². The van der Waals surface area contributed by atoms with Gasteiger partial charge in [-0.15, -0.1) is 0 Å². The van der Waals surface area contributed by atoms with Crippen molar-refractivity contribution in [3.63, 3.8) is 0 Å². The van der Waals surface area contributed by atoms with E-state index in [1.54, 1.807) is 6.92 Å². The van der Waals surface area contributed by atoms with Gasteiger partial charge in [0, 0.05) is 0 Å². The van der Waals surface area contributed by atoms with E-state index in [1.165, 1.54) is 32.1 Å². The predicted molar refractivity (Wildman–Crippen MR) is 81.9 cm³/mol. The van der Waals surface area contributed by atoms with Gasteiger partial charge < -0.3 is 9.47 Å². The maximum Gasteiger partial charge on any atom is 0.163 e. The summed E-state index contributed by atoms with van der Waals surface area (Å²) in [7, 11) is 0. The molecule has 2 aliphatic rings. The Morgan fingerprint density at radius 1 is 1.24 bits per heavy atom. The Hall–Kier alpha value is -1.35. The van der Waals surface area contributed by atoms with Crippen molar-refractivity contribution in [2.75, 3.05) is 6.61 Å². The fourth-order valence-electron chi connectivity index (χ4n) is 3.64. The number of hydrogen-bond donors (Lipinski definition) is 0. The van der Waals surface area contributed by atoms with Crippen molar-refractivity contribution in [3.8, 4) is 5.75 Å². The molecule has 3 nitrogen and oxygen atoms in total. The van der Waals surface area contributed by atoms with Crippen LogP contribution in [0.5, 0.6) is 5.75 Å². The molecular weight excluding hydrogens is 264 g/mol. The molecule has 1 aromatic carbocycles.